The topological polar surface area (TPSA) is 134 Å². The summed E-state index contributed by atoms with van der Waals surface area (Å²) < 4.78 is 51.9. The summed E-state index contributed by atoms with van der Waals surface area (Å²) in [5, 5.41) is 0. The summed E-state index contributed by atoms with van der Waals surface area (Å²) >= 11 is -3.98. The van der Waals surface area contributed by atoms with Gasteiger partial charge in [0.05, 0.1) is 39.6 Å². The molecule has 0 aliphatic heterocycles. The molecule has 0 rings (SSSR count). The molecule has 0 aliphatic rings. The first kappa shape index (κ1) is 44.7. The highest BCUT2D eigenvalue weighted by Gasteiger charge is 2.58. The van der Waals surface area contributed by atoms with Crippen LogP contribution in [0.4, 0.5) is 0 Å². The standard InChI is InChI=1S/3C11H22O4.Al/c3*1-4-6-8-14-11(3,10(12)13)15-9-7-5-2;/h3*4-9H2,1-3H3,(H,12,13);/q;;;+3/p-3. The van der Waals surface area contributed by atoms with Crippen molar-refractivity contribution < 1.29 is 54.2 Å². The molecule has 0 aromatic heterocycles. The van der Waals surface area contributed by atoms with Crippen molar-refractivity contribution in [2.75, 3.05) is 39.6 Å². The SMILES string of the molecule is CCCCOC(C)(OCCCC)C(=O)[O][Al]([O]C(=O)C(C)(OCCCC)OCCCC)[O]C(=O)C(C)(OCCCC)OCCCC. The molecule has 12 nitrogen and oxygen atoms in total. The molecule has 0 radical (unpaired) electrons. The zero-order valence-corrected chi connectivity index (χ0v) is 31.4. The fourth-order valence-electron chi connectivity index (χ4n) is 3.60. The number of rotatable bonds is 30. The van der Waals surface area contributed by atoms with Gasteiger partial charge >= 0.3 is 33.1 Å². The second kappa shape index (κ2) is 25.7. The van der Waals surface area contributed by atoms with Gasteiger partial charge in [-0.25, -0.2) is 14.4 Å². The lowest BCUT2D eigenvalue weighted by Gasteiger charge is -2.32. The van der Waals surface area contributed by atoms with E-state index in [1.165, 1.54) is 20.8 Å². The van der Waals surface area contributed by atoms with Crippen LogP contribution in [-0.4, -0.2) is 90.1 Å². The van der Waals surface area contributed by atoms with E-state index in [0.717, 1.165) is 38.5 Å². The first-order chi connectivity index (χ1) is 21.9. The van der Waals surface area contributed by atoms with Gasteiger partial charge in [-0.1, -0.05) is 80.1 Å². The lowest BCUT2D eigenvalue weighted by molar-refractivity contribution is -0.246. The molecule has 0 saturated heterocycles. The van der Waals surface area contributed by atoms with Gasteiger partial charge in [0.15, 0.2) is 0 Å². The average molecular weight is 679 g/mol. The van der Waals surface area contributed by atoms with Gasteiger partial charge in [-0.05, 0) is 38.5 Å². The van der Waals surface area contributed by atoms with Crippen molar-refractivity contribution >= 4 is 33.1 Å². The molecule has 0 heterocycles. The molecule has 0 bridgehead atoms. The van der Waals surface area contributed by atoms with Crippen LogP contribution in [0.25, 0.3) is 0 Å². The summed E-state index contributed by atoms with van der Waals surface area (Å²) in [4.78, 5) is 40.9. The Morgan fingerprint density at radius 3 is 0.717 bits per heavy atom. The molecule has 0 saturated carbocycles. The van der Waals surface area contributed by atoms with Crippen molar-refractivity contribution in [2.24, 2.45) is 0 Å². The number of carbonyl (C=O) groups is 3. The Balaban J connectivity index is 6.39. The van der Waals surface area contributed by atoms with Gasteiger partial charge in [0, 0.05) is 20.8 Å². The Hall–Kier alpha value is -1.30. The summed E-state index contributed by atoms with van der Waals surface area (Å²) in [6, 6.07) is 0. The van der Waals surface area contributed by atoms with Crippen molar-refractivity contribution in [1.29, 1.82) is 0 Å². The molecule has 0 N–H and O–H groups in total. The predicted octanol–water partition coefficient (Wildman–Crippen LogP) is 6.65. The highest BCUT2D eigenvalue weighted by Crippen LogP contribution is 2.23. The van der Waals surface area contributed by atoms with E-state index in [-0.39, 0.29) is 39.6 Å². The molecule has 0 unspecified atom stereocenters. The van der Waals surface area contributed by atoms with E-state index in [0.29, 0.717) is 38.5 Å². The normalized spacial score (nSPS) is 12.2. The van der Waals surface area contributed by atoms with E-state index in [1.54, 1.807) is 0 Å². The summed E-state index contributed by atoms with van der Waals surface area (Å²) in [5.74, 6) is -8.45. The maximum atomic E-state index is 13.6. The van der Waals surface area contributed by atoms with Crippen molar-refractivity contribution in [3.05, 3.63) is 0 Å². The minimum absolute atomic E-state index is 0.225. The fourth-order valence-corrected chi connectivity index (χ4v) is 4.91. The van der Waals surface area contributed by atoms with E-state index in [1.807, 2.05) is 41.5 Å². The Kier molecular flexibility index (Phi) is 25.0. The summed E-state index contributed by atoms with van der Waals surface area (Å²) in [7, 11) is 0. The van der Waals surface area contributed by atoms with Crippen molar-refractivity contribution in [3.8, 4) is 0 Å². The average Bonchev–Trinajstić information content (AvgIpc) is 3.01. The maximum absolute atomic E-state index is 13.6. The Labute approximate surface area is 283 Å². The van der Waals surface area contributed by atoms with Crippen LogP contribution >= 0.6 is 0 Å². The second-order valence-corrected chi connectivity index (χ2v) is 12.8. The number of unbranched alkanes of at least 4 members (excludes halogenated alkanes) is 6. The molecule has 0 spiro atoms. The highest BCUT2D eigenvalue weighted by atomic mass is 27.3. The van der Waals surface area contributed by atoms with E-state index >= 15 is 0 Å². The number of carbonyl (C=O) groups excluding carboxylic acids is 3. The minimum Gasteiger partial charge on any atom is -0.547 e. The predicted molar refractivity (Wildman–Crippen MR) is 174 cm³/mol. The minimum atomic E-state index is -3.98. The lowest BCUT2D eigenvalue weighted by atomic mass is 10.3. The molecule has 0 aromatic rings. The van der Waals surface area contributed by atoms with Gasteiger partial charge < -0.3 is 39.8 Å². The third-order valence-corrected chi connectivity index (χ3v) is 8.19. The van der Waals surface area contributed by atoms with Gasteiger partial charge in [-0.2, -0.15) is 0 Å². The van der Waals surface area contributed by atoms with Crippen LogP contribution in [0.5, 0.6) is 0 Å². The molecular formula is C33H63AlO12. The maximum Gasteiger partial charge on any atom is 1.20 e. The van der Waals surface area contributed by atoms with Gasteiger partial charge in [-0.3, -0.25) is 0 Å². The van der Waals surface area contributed by atoms with Crippen LogP contribution in [0.1, 0.15) is 139 Å². The number of hydrogen-bond donors (Lipinski definition) is 0. The molecule has 270 valence electrons. The monoisotopic (exact) mass is 678 g/mol. The van der Waals surface area contributed by atoms with Crippen LogP contribution in [0, 0.1) is 0 Å². The van der Waals surface area contributed by atoms with E-state index in [4.69, 9.17) is 39.8 Å². The molecule has 0 aliphatic carbocycles. The third-order valence-electron chi connectivity index (χ3n) is 6.97. The molecule has 46 heavy (non-hydrogen) atoms. The summed E-state index contributed by atoms with van der Waals surface area (Å²) in [6.45, 7) is 17.6. The van der Waals surface area contributed by atoms with Gasteiger partial charge in [-0.15, -0.1) is 0 Å². The van der Waals surface area contributed by atoms with Gasteiger partial charge in [0.2, 0.25) is 0 Å². The summed E-state index contributed by atoms with van der Waals surface area (Å²) in [5.41, 5.74) is 0. The fraction of sp³-hybridized carbons (Fsp3) is 0.909. The number of hydrogen-bond acceptors (Lipinski definition) is 12. The van der Waals surface area contributed by atoms with Crippen molar-refractivity contribution in [3.63, 3.8) is 0 Å². The van der Waals surface area contributed by atoms with E-state index in [9.17, 15) is 14.4 Å². The number of ether oxygens (including phenoxy) is 6. The Morgan fingerprint density at radius 2 is 0.565 bits per heavy atom. The van der Waals surface area contributed by atoms with Crippen LogP contribution in [0.15, 0.2) is 0 Å². The van der Waals surface area contributed by atoms with E-state index < -0.39 is 50.4 Å². The van der Waals surface area contributed by atoms with Gasteiger partial charge in [0.25, 0.3) is 17.4 Å². The molecule has 13 heteroatoms. The molecule has 0 fully saturated rings. The third kappa shape index (κ3) is 17.7. The Morgan fingerprint density at radius 1 is 0.391 bits per heavy atom. The highest BCUT2D eigenvalue weighted by molar-refractivity contribution is 6.44. The lowest BCUT2D eigenvalue weighted by Crippen LogP contribution is -2.53. The molecule has 0 amide bonds. The van der Waals surface area contributed by atoms with Crippen LogP contribution < -0.4 is 0 Å². The smallest absolute Gasteiger partial charge is 0.547 e. The zero-order valence-electron chi connectivity index (χ0n) is 30.2. The van der Waals surface area contributed by atoms with Crippen LogP contribution in [0.2, 0.25) is 0 Å². The first-order valence-electron chi connectivity index (χ1n) is 17.4. The van der Waals surface area contributed by atoms with E-state index in [2.05, 4.69) is 0 Å². The van der Waals surface area contributed by atoms with Gasteiger partial charge in [0.1, 0.15) is 0 Å². The van der Waals surface area contributed by atoms with Crippen molar-refractivity contribution in [2.45, 2.75) is 157 Å². The zero-order chi connectivity index (χ0) is 34.9. The van der Waals surface area contributed by atoms with Crippen molar-refractivity contribution in [1.82, 2.24) is 0 Å². The molecule has 0 atom stereocenters. The Bertz CT molecular complexity index is 690. The van der Waals surface area contributed by atoms with Crippen LogP contribution in [-0.2, 0) is 54.2 Å². The molecule has 0 aromatic carbocycles. The summed E-state index contributed by atoms with van der Waals surface area (Å²) in [6.07, 6.45) is 9.04. The largest absolute Gasteiger partial charge is 1.20 e. The molecular weight excluding hydrogens is 615 g/mol. The quantitative estimate of drug-likeness (QED) is 0.0457. The second-order valence-electron chi connectivity index (χ2n) is 11.6. The van der Waals surface area contributed by atoms with Crippen LogP contribution in [0.3, 0.4) is 0 Å². The first-order valence-corrected chi connectivity index (χ1v) is 18.8.